The van der Waals surface area contributed by atoms with Crippen LogP contribution < -0.4 is 0 Å². The van der Waals surface area contributed by atoms with Crippen LogP contribution in [0, 0.1) is 6.92 Å². The average Bonchev–Trinajstić information content (AvgIpc) is 1.91. The molecule has 0 fully saturated rings. The van der Waals surface area contributed by atoms with E-state index in [9.17, 15) is 0 Å². The molecule has 0 unspecified atom stereocenters. The van der Waals surface area contributed by atoms with E-state index in [-0.39, 0.29) is 17.0 Å². The monoisotopic (exact) mass is 241 g/mol. The first-order valence-electron chi connectivity index (χ1n) is 1.83. The highest BCUT2D eigenvalue weighted by Crippen LogP contribution is 2.05. The van der Waals surface area contributed by atoms with Gasteiger partial charge in [-0.1, -0.05) is 0 Å². The van der Waals surface area contributed by atoms with Gasteiger partial charge >= 0.3 is 0 Å². The Morgan fingerprint density at radius 3 is 2.25 bits per heavy atom. The molecule has 1 aromatic rings. The summed E-state index contributed by atoms with van der Waals surface area (Å²) in [5, 5.41) is 9.88. The van der Waals surface area contributed by atoms with E-state index in [1.165, 1.54) is 0 Å². The van der Waals surface area contributed by atoms with E-state index in [4.69, 9.17) is 0 Å². The molecule has 0 aromatic carbocycles. The molecule has 1 aromatic heterocycles. The molecule has 5 heteroatoms. The number of aromatic nitrogens is 3. The van der Waals surface area contributed by atoms with E-state index >= 15 is 0 Å². The third-order valence-electron chi connectivity index (χ3n) is 0.664. The number of nitrogens with zero attached hydrogens (tertiary/aromatic N) is 2. The predicted octanol–water partition coefficient (Wildman–Crippen LogP) is 1.45. The molecular weight excluding hydrogens is 238 g/mol. The summed E-state index contributed by atoms with van der Waals surface area (Å²) in [5.74, 6) is 0. The fraction of sp³-hybridized carbons (Fsp3) is 0.333. The predicted molar refractivity (Wildman–Crippen MR) is 39.1 cm³/mol. The van der Waals surface area contributed by atoms with Crippen molar-refractivity contribution >= 4 is 32.9 Å². The van der Waals surface area contributed by atoms with Crippen LogP contribution in [0.4, 0.5) is 0 Å². The number of hydrogen-bond acceptors (Lipinski definition) is 2. The minimum absolute atomic E-state index is 0. The molecular formula is C3H5Br2N3. The molecule has 46 valence electrons. The molecule has 8 heavy (non-hydrogen) atoms. The molecule has 0 aliphatic heterocycles. The van der Waals surface area contributed by atoms with Crippen LogP contribution in [-0.4, -0.2) is 15.4 Å². The van der Waals surface area contributed by atoms with Crippen LogP contribution in [0.1, 0.15) is 5.69 Å². The molecule has 0 radical (unpaired) electrons. The zero-order valence-electron chi connectivity index (χ0n) is 4.18. The van der Waals surface area contributed by atoms with E-state index in [2.05, 4.69) is 31.3 Å². The van der Waals surface area contributed by atoms with Gasteiger partial charge in [-0.25, -0.2) is 0 Å². The van der Waals surface area contributed by atoms with Gasteiger partial charge in [-0.15, -0.1) is 22.1 Å². The number of halogens is 2. The van der Waals surface area contributed by atoms with Crippen molar-refractivity contribution in [3.8, 4) is 0 Å². The van der Waals surface area contributed by atoms with Crippen LogP contribution in [0.2, 0.25) is 0 Å². The third kappa shape index (κ3) is 1.56. The largest absolute Gasteiger partial charge is 0.197 e. The van der Waals surface area contributed by atoms with Gasteiger partial charge in [0.05, 0.1) is 5.69 Å². The molecule has 0 spiro atoms. The normalized spacial score (nSPS) is 8.25. The molecule has 0 aliphatic carbocycles. The maximum absolute atomic E-state index is 3.73. The Kier molecular flexibility index (Phi) is 3.23. The minimum Gasteiger partial charge on any atom is -0.197 e. The van der Waals surface area contributed by atoms with Gasteiger partial charge in [-0.2, -0.15) is 10.3 Å². The summed E-state index contributed by atoms with van der Waals surface area (Å²) < 4.78 is 0.785. The highest BCUT2D eigenvalue weighted by molar-refractivity contribution is 9.10. The second-order valence-corrected chi connectivity index (χ2v) is 1.95. The number of aryl methyl sites for hydroxylation is 1. The fourth-order valence-electron chi connectivity index (χ4n) is 0.271. The van der Waals surface area contributed by atoms with E-state index in [1.54, 1.807) is 0 Å². The lowest BCUT2D eigenvalue weighted by atomic mass is 10.6. The van der Waals surface area contributed by atoms with Gasteiger partial charge in [-0.3, -0.25) is 0 Å². The number of rotatable bonds is 0. The van der Waals surface area contributed by atoms with Gasteiger partial charge in [0.15, 0.2) is 4.60 Å². The molecule has 0 aliphatic rings. The first-order valence-corrected chi connectivity index (χ1v) is 2.63. The molecule has 0 atom stereocenters. The molecule has 1 N–H and O–H groups in total. The van der Waals surface area contributed by atoms with Crippen molar-refractivity contribution in [3.63, 3.8) is 0 Å². The Labute approximate surface area is 65.8 Å². The molecule has 0 saturated heterocycles. The Morgan fingerprint density at radius 2 is 2.12 bits per heavy atom. The minimum atomic E-state index is 0. The van der Waals surface area contributed by atoms with Gasteiger partial charge < -0.3 is 0 Å². The molecule has 1 heterocycles. The summed E-state index contributed by atoms with van der Waals surface area (Å²) in [6.45, 7) is 1.87. The zero-order valence-corrected chi connectivity index (χ0v) is 7.48. The highest BCUT2D eigenvalue weighted by atomic mass is 79.9. The molecule has 0 bridgehead atoms. The average molecular weight is 243 g/mol. The van der Waals surface area contributed by atoms with Crippen molar-refractivity contribution < 1.29 is 0 Å². The molecule has 1 rings (SSSR count). The van der Waals surface area contributed by atoms with Gasteiger partial charge in [-0.05, 0) is 22.9 Å². The van der Waals surface area contributed by atoms with Crippen molar-refractivity contribution in [2.24, 2.45) is 0 Å². The summed E-state index contributed by atoms with van der Waals surface area (Å²) in [7, 11) is 0. The van der Waals surface area contributed by atoms with Crippen LogP contribution in [-0.2, 0) is 0 Å². The van der Waals surface area contributed by atoms with Crippen molar-refractivity contribution in [2.75, 3.05) is 0 Å². The SMILES string of the molecule is Br.Cc1n[nH]nc1Br. The van der Waals surface area contributed by atoms with Crippen molar-refractivity contribution in [1.29, 1.82) is 0 Å². The van der Waals surface area contributed by atoms with Crippen LogP contribution in [0.3, 0.4) is 0 Å². The number of hydrogen-bond donors (Lipinski definition) is 1. The molecule has 0 amide bonds. The van der Waals surface area contributed by atoms with Gasteiger partial charge in [0.2, 0.25) is 0 Å². The fourth-order valence-corrected chi connectivity index (χ4v) is 0.439. The van der Waals surface area contributed by atoms with Crippen molar-refractivity contribution in [1.82, 2.24) is 15.4 Å². The quantitative estimate of drug-likeness (QED) is 0.749. The van der Waals surface area contributed by atoms with Crippen LogP contribution in [0.25, 0.3) is 0 Å². The Hall–Kier alpha value is 0.1000. The van der Waals surface area contributed by atoms with Crippen LogP contribution >= 0.6 is 32.9 Å². The second-order valence-electron chi connectivity index (χ2n) is 1.20. The lowest BCUT2D eigenvalue weighted by Crippen LogP contribution is -1.67. The molecule has 3 nitrogen and oxygen atoms in total. The summed E-state index contributed by atoms with van der Waals surface area (Å²) in [6.07, 6.45) is 0. The summed E-state index contributed by atoms with van der Waals surface area (Å²) in [6, 6.07) is 0. The maximum Gasteiger partial charge on any atom is 0.151 e. The van der Waals surface area contributed by atoms with Gasteiger partial charge in [0, 0.05) is 0 Å². The lowest BCUT2D eigenvalue weighted by molar-refractivity contribution is 0.924. The van der Waals surface area contributed by atoms with Crippen LogP contribution in [0.15, 0.2) is 4.60 Å². The van der Waals surface area contributed by atoms with Crippen molar-refractivity contribution in [3.05, 3.63) is 10.3 Å². The Balaban J connectivity index is 0.000000490. The van der Waals surface area contributed by atoms with E-state index < -0.39 is 0 Å². The summed E-state index contributed by atoms with van der Waals surface area (Å²) in [5.41, 5.74) is 0.889. The first-order chi connectivity index (χ1) is 3.30. The Morgan fingerprint density at radius 1 is 1.50 bits per heavy atom. The summed E-state index contributed by atoms with van der Waals surface area (Å²) >= 11 is 3.16. The Bertz CT molecular complexity index is 145. The lowest BCUT2D eigenvalue weighted by Gasteiger charge is -1.71. The summed E-state index contributed by atoms with van der Waals surface area (Å²) in [4.78, 5) is 0. The standard InChI is InChI=1S/C3H4BrN3.BrH/c1-2-3(4)6-7-5-2;/h1H3,(H,5,6,7);1H. The second kappa shape index (κ2) is 3.19. The van der Waals surface area contributed by atoms with E-state index in [0.29, 0.717) is 0 Å². The van der Waals surface area contributed by atoms with Gasteiger partial charge in [0.25, 0.3) is 0 Å². The molecule has 0 saturated carbocycles. The number of nitrogens with one attached hydrogen (secondary N) is 1. The van der Waals surface area contributed by atoms with E-state index in [1.807, 2.05) is 6.92 Å². The smallest absolute Gasteiger partial charge is 0.151 e. The van der Waals surface area contributed by atoms with E-state index in [0.717, 1.165) is 10.3 Å². The number of H-pyrrole nitrogens is 1. The van der Waals surface area contributed by atoms with Crippen molar-refractivity contribution in [2.45, 2.75) is 6.92 Å². The zero-order chi connectivity index (χ0) is 5.28. The maximum atomic E-state index is 3.73. The highest BCUT2D eigenvalue weighted by Gasteiger charge is 1.92. The number of aromatic amines is 1. The first kappa shape index (κ1) is 8.10. The van der Waals surface area contributed by atoms with Crippen LogP contribution in [0.5, 0.6) is 0 Å². The third-order valence-corrected chi connectivity index (χ3v) is 1.42. The topological polar surface area (TPSA) is 41.6 Å². The van der Waals surface area contributed by atoms with Gasteiger partial charge in [0.1, 0.15) is 0 Å².